The van der Waals surface area contributed by atoms with Gasteiger partial charge in [-0.25, -0.2) is 4.98 Å². The van der Waals surface area contributed by atoms with Crippen LogP contribution in [0.3, 0.4) is 0 Å². The standard InChI is InChI=1S/C26H21N5O3/c32-25(23-5-1-4-21(29-23)18-6-8-20-17(15-18)3-2-10-27-20)28-19-7-9-22-24(16-19)34-26(30-22)31-11-13-33-14-12-31/h1-10,15-16H,11-14H2,(H,28,32). The smallest absolute Gasteiger partial charge is 0.298 e. The molecule has 0 aliphatic carbocycles. The Kier molecular flexibility index (Phi) is 5.12. The third kappa shape index (κ3) is 3.95. The molecule has 5 aromatic rings. The van der Waals surface area contributed by atoms with Gasteiger partial charge < -0.3 is 19.4 Å². The number of hydrogen-bond donors (Lipinski definition) is 1. The van der Waals surface area contributed by atoms with Gasteiger partial charge in [-0.05, 0) is 42.5 Å². The summed E-state index contributed by atoms with van der Waals surface area (Å²) in [5.74, 6) is -0.295. The van der Waals surface area contributed by atoms with Gasteiger partial charge in [-0.2, -0.15) is 4.98 Å². The molecule has 8 nitrogen and oxygen atoms in total. The second kappa shape index (κ2) is 8.57. The molecular weight excluding hydrogens is 430 g/mol. The van der Waals surface area contributed by atoms with E-state index in [2.05, 4.69) is 25.2 Å². The monoisotopic (exact) mass is 451 g/mol. The average molecular weight is 451 g/mol. The Balaban J connectivity index is 1.23. The van der Waals surface area contributed by atoms with E-state index in [0.29, 0.717) is 36.2 Å². The fourth-order valence-electron chi connectivity index (χ4n) is 4.03. The summed E-state index contributed by atoms with van der Waals surface area (Å²) in [6.45, 7) is 2.79. The predicted molar refractivity (Wildman–Crippen MR) is 130 cm³/mol. The lowest BCUT2D eigenvalue weighted by Gasteiger charge is -2.24. The molecule has 4 heterocycles. The first-order chi connectivity index (χ1) is 16.7. The summed E-state index contributed by atoms with van der Waals surface area (Å²) < 4.78 is 11.3. The van der Waals surface area contributed by atoms with E-state index in [9.17, 15) is 4.79 Å². The Morgan fingerprint density at radius 1 is 0.912 bits per heavy atom. The van der Waals surface area contributed by atoms with Crippen LogP contribution in [0, 0.1) is 0 Å². The second-order valence-electron chi connectivity index (χ2n) is 8.05. The molecule has 1 amide bonds. The lowest BCUT2D eigenvalue weighted by atomic mass is 10.1. The number of carbonyl (C=O) groups is 1. The molecule has 8 heteroatoms. The lowest BCUT2D eigenvalue weighted by molar-refractivity contribution is 0.102. The third-order valence-electron chi connectivity index (χ3n) is 5.80. The van der Waals surface area contributed by atoms with Crippen molar-refractivity contribution in [2.75, 3.05) is 36.5 Å². The highest BCUT2D eigenvalue weighted by molar-refractivity contribution is 6.04. The van der Waals surface area contributed by atoms with Crippen LogP contribution in [-0.4, -0.2) is 47.2 Å². The van der Waals surface area contributed by atoms with Crippen molar-refractivity contribution in [3.8, 4) is 11.3 Å². The molecule has 0 saturated carbocycles. The van der Waals surface area contributed by atoms with E-state index in [1.54, 1.807) is 18.3 Å². The van der Waals surface area contributed by atoms with Crippen molar-refractivity contribution >= 4 is 39.6 Å². The molecule has 2 aromatic carbocycles. The maximum atomic E-state index is 12.9. The number of nitrogens with one attached hydrogen (secondary N) is 1. The summed E-state index contributed by atoms with van der Waals surface area (Å²) >= 11 is 0. The van der Waals surface area contributed by atoms with E-state index in [1.807, 2.05) is 54.6 Å². The fourth-order valence-corrected chi connectivity index (χ4v) is 4.03. The number of anilines is 2. The van der Waals surface area contributed by atoms with Crippen LogP contribution in [0.25, 0.3) is 33.3 Å². The van der Waals surface area contributed by atoms with Crippen molar-refractivity contribution in [2.45, 2.75) is 0 Å². The van der Waals surface area contributed by atoms with Gasteiger partial charge in [0.15, 0.2) is 5.58 Å². The van der Waals surface area contributed by atoms with E-state index >= 15 is 0 Å². The molecule has 1 aliphatic rings. The molecule has 1 saturated heterocycles. The summed E-state index contributed by atoms with van der Waals surface area (Å²) in [4.78, 5) is 28.5. The van der Waals surface area contributed by atoms with E-state index in [1.165, 1.54) is 0 Å². The van der Waals surface area contributed by atoms with Gasteiger partial charge in [0.25, 0.3) is 11.9 Å². The van der Waals surface area contributed by atoms with Gasteiger partial charge in [0.05, 0.1) is 24.4 Å². The number of pyridine rings is 2. The van der Waals surface area contributed by atoms with Gasteiger partial charge >= 0.3 is 0 Å². The molecule has 3 aromatic heterocycles. The molecule has 1 N–H and O–H groups in total. The van der Waals surface area contributed by atoms with Gasteiger partial charge in [0, 0.05) is 42.0 Å². The summed E-state index contributed by atoms with van der Waals surface area (Å²) in [5.41, 5.74) is 4.87. The SMILES string of the molecule is O=C(Nc1ccc2nc(N3CCOCC3)oc2c1)c1cccc(-c2ccc3ncccc3c2)n1. The van der Waals surface area contributed by atoms with Gasteiger partial charge in [0.1, 0.15) is 11.2 Å². The maximum absolute atomic E-state index is 12.9. The Morgan fingerprint density at radius 2 is 1.79 bits per heavy atom. The van der Waals surface area contributed by atoms with Crippen molar-refractivity contribution in [1.29, 1.82) is 0 Å². The molecule has 168 valence electrons. The minimum atomic E-state index is -0.295. The number of morpholine rings is 1. The van der Waals surface area contributed by atoms with Gasteiger partial charge in [-0.3, -0.25) is 9.78 Å². The number of hydrogen-bond acceptors (Lipinski definition) is 7. The van der Waals surface area contributed by atoms with Crippen LogP contribution in [-0.2, 0) is 4.74 Å². The van der Waals surface area contributed by atoms with Crippen LogP contribution in [0.5, 0.6) is 0 Å². The van der Waals surface area contributed by atoms with E-state index in [0.717, 1.165) is 40.8 Å². The number of amides is 1. The van der Waals surface area contributed by atoms with Gasteiger partial charge in [-0.15, -0.1) is 0 Å². The summed E-state index contributed by atoms with van der Waals surface area (Å²) in [5, 5.41) is 3.94. The normalized spacial score (nSPS) is 13.9. The minimum Gasteiger partial charge on any atom is -0.423 e. The Labute approximate surface area is 195 Å². The molecule has 0 bridgehead atoms. The van der Waals surface area contributed by atoms with E-state index < -0.39 is 0 Å². The van der Waals surface area contributed by atoms with E-state index in [4.69, 9.17) is 9.15 Å². The summed E-state index contributed by atoms with van der Waals surface area (Å²) in [6, 6.07) is 21.3. The van der Waals surface area contributed by atoms with Crippen LogP contribution < -0.4 is 10.2 Å². The number of rotatable bonds is 4. The lowest BCUT2D eigenvalue weighted by Crippen LogP contribution is -2.36. The van der Waals surface area contributed by atoms with Crippen LogP contribution in [0.4, 0.5) is 11.7 Å². The highest BCUT2D eigenvalue weighted by Crippen LogP contribution is 2.26. The van der Waals surface area contributed by atoms with Crippen LogP contribution >= 0.6 is 0 Å². The second-order valence-corrected chi connectivity index (χ2v) is 8.05. The molecule has 0 radical (unpaired) electrons. The van der Waals surface area contributed by atoms with Crippen molar-refractivity contribution < 1.29 is 13.9 Å². The summed E-state index contributed by atoms with van der Waals surface area (Å²) in [6.07, 6.45) is 1.77. The molecule has 6 rings (SSSR count). The number of benzene rings is 2. The average Bonchev–Trinajstić information content (AvgIpc) is 3.32. The third-order valence-corrected chi connectivity index (χ3v) is 5.80. The first-order valence-corrected chi connectivity index (χ1v) is 11.1. The number of fused-ring (bicyclic) bond motifs is 2. The first kappa shape index (κ1) is 20.3. The zero-order valence-electron chi connectivity index (χ0n) is 18.3. The molecule has 0 spiro atoms. The zero-order chi connectivity index (χ0) is 22.9. The van der Waals surface area contributed by atoms with Crippen molar-refractivity contribution in [2.24, 2.45) is 0 Å². The Hall–Kier alpha value is -4.30. The molecule has 0 unspecified atom stereocenters. The number of aromatic nitrogens is 3. The number of carbonyl (C=O) groups excluding carboxylic acids is 1. The minimum absolute atomic E-state index is 0.295. The highest BCUT2D eigenvalue weighted by atomic mass is 16.5. The van der Waals surface area contributed by atoms with Crippen molar-refractivity contribution in [3.05, 3.63) is 78.6 Å². The van der Waals surface area contributed by atoms with Gasteiger partial charge in [0.2, 0.25) is 0 Å². The Bertz CT molecular complexity index is 1510. The number of ether oxygens (including phenoxy) is 1. The number of nitrogens with zero attached hydrogens (tertiary/aromatic N) is 4. The molecule has 0 atom stereocenters. The topological polar surface area (TPSA) is 93.4 Å². The zero-order valence-corrected chi connectivity index (χ0v) is 18.3. The van der Waals surface area contributed by atoms with Crippen molar-refractivity contribution in [3.63, 3.8) is 0 Å². The van der Waals surface area contributed by atoms with Crippen LogP contribution in [0.15, 0.2) is 77.3 Å². The quantitative estimate of drug-likeness (QED) is 0.429. The maximum Gasteiger partial charge on any atom is 0.298 e. The molecule has 1 fully saturated rings. The van der Waals surface area contributed by atoms with Gasteiger partial charge in [-0.1, -0.05) is 18.2 Å². The predicted octanol–water partition coefficient (Wildman–Crippen LogP) is 4.53. The van der Waals surface area contributed by atoms with Crippen molar-refractivity contribution in [1.82, 2.24) is 15.0 Å². The largest absolute Gasteiger partial charge is 0.423 e. The van der Waals surface area contributed by atoms with Crippen LogP contribution in [0.2, 0.25) is 0 Å². The summed E-state index contributed by atoms with van der Waals surface area (Å²) in [7, 11) is 0. The van der Waals surface area contributed by atoms with Crippen LogP contribution in [0.1, 0.15) is 10.5 Å². The molecule has 34 heavy (non-hydrogen) atoms. The Morgan fingerprint density at radius 3 is 2.71 bits per heavy atom. The first-order valence-electron chi connectivity index (χ1n) is 11.1. The highest BCUT2D eigenvalue weighted by Gasteiger charge is 2.18. The number of oxazole rings is 1. The van der Waals surface area contributed by atoms with E-state index in [-0.39, 0.29) is 5.91 Å². The fraction of sp³-hybridized carbons (Fsp3) is 0.154. The molecular formula is C26H21N5O3. The molecule has 1 aliphatic heterocycles.